The molecule has 2 aromatic rings. The summed E-state index contributed by atoms with van der Waals surface area (Å²) in [5.41, 5.74) is 1.52. The second-order valence-corrected chi connectivity index (χ2v) is 4.87. The Labute approximate surface area is 127 Å². The molecule has 0 heterocycles. The molecule has 1 N–H and O–H groups in total. The van der Waals surface area contributed by atoms with Gasteiger partial charge in [-0.3, -0.25) is 4.79 Å². The normalized spacial score (nSPS) is 10.3. The van der Waals surface area contributed by atoms with Crippen LogP contribution in [-0.4, -0.2) is 19.6 Å². The predicted molar refractivity (Wildman–Crippen MR) is 79.8 cm³/mol. The van der Waals surface area contributed by atoms with Gasteiger partial charge in [0.15, 0.2) is 11.6 Å². The average molecular weight is 305 g/mol. The molecular weight excluding hydrogens is 288 g/mol. The van der Waals surface area contributed by atoms with Gasteiger partial charge in [-0.2, -0.15) is 0 Å². The zero-order chi connectivity index (χ0) is 15.9. The molecule has 0 aliphatic carbocycles. The lowest BCUT2D eigenvalue weighted by Gasteiger charge is -2.06. The van der Waals surface area contributed by atoms with Gasteiger partial charge in [0.1, 0.15) is 5.75 Å². The number of ether oxygens (including phenoxy) is 1. The highest BCUT2D eigenvalue weighted by molar-refractivity contribution is 5.78. The lowest BCUT2D eigenvalue weighted by atomic mass is 10.1. The van der Waals surface area contributed by atoms with Gasteiger partial charge in [0.05, 0.1) is 13.5 Å². The van der Waals surface area contributed by atoms with Crippen LogP contribution in [0.15, 0.2) is 42.5 Å². The van der Waals surface area contributed by atoms with E-state index < -0.39 is 11.6 Å². The van der Waals surface area contributed by atoms with Crippen LogP contribution in [-0.2, 0) is 17.6 Å². The van der Waals surface area contributed by atoms with Crippen LogP contribution in [0.5, 0.6) is 5.75 Å². The SMILES string of the molecule is COc1ccc(CC(=O)NCCc2ccc(F)c(F)c2)cc1. The van der Waals surface area contributed by atoms with Crippen molar-refractivity contribution in [1.29, 1.82) is 0 Å². The monoisotopic (exact) mass is 305 g/mol. The molecule has 0 unspecified atom stereocenters. The molecule has 0 aliphatic heterocycles. The molecule has 0 radical (unpaired) electrons. The summed E-state index contributed by atoms with van der Waals surface area (Å²) in [6, 6.07) is 11.0. The molecule has 0 saturated carbocycles. The average Bonchev–Trinajstić information content (AvgIpc) is 2.51. The first-order chi connectivity index (χ1) is 10.6. The topological polar surface area (TPSA) is 38.3 Å². The lowest BCUT2D eigenvalue weighted by Crippen LogP contribution is -2.27. The summed E-state index contributed by atoms with van der Waals surface area (Å²) in [6.07, 6.45) is 0.716. The number of amides is 1. The van der Waals surface area contributed by atoms with Gasteiger partial charge in [-0.05, 0) is 41.8 Å². The van der Waals surface area contributed by atoms with Crippen molar-refractivity contribution in [1.82, 2.24) is 5.32 Å². The first-order valence-electron chi connectivity index (χ1n) is 6.92. The van der Waals surface area contributed by atoms with Crippen molar-refractivity contribution in [3.8, 4) is 5.75 Å². The smallest absolute Gasteiger partial charge is 0.224 e. The lowest BCUT2D eigenvalue weighted by molar-refractivity contribution is -0.120. The highest BCUT2D eigenvalue weighted by Crippen LogP contribution is 2.12. The number of nitrogens with one attached hydrogen (secondary N) is 1. The fraction of sp³-hybridized carbons (Fsp3) is 0.235. The molecular formula is C17H17F2NO2. The van der Waals surface area contributed by atoms with E-state index in [0.29, 0.717) is 18.5 Å². The number of rotatable bonds is 6. The molecule has 0 bridgehead atoms. The molecule has 1 amide bonds. The standard InChI is InChI=1S/C17H17F2NO2/c1-22-14-5-2-12(3-6-14)11-17(21)20-9-8-13-4-7-15(18)16(19)10-13/h2-7,10H,8-9,11H2,1H3,(H,20,21). The molecule has 0 aromatic heterocycles. The minimum atomic E-state index is -0.873. The zero-order valence-corrected chi connectivity index (χ0v) is 12.2. The maximum Gasteiger partial charge on any atom is 0.224 e. The van der Waals surface area contributed by atoms with Gasteiger partial charge < -0.3 is 10.1 Å². The Morgan fingerprint density at radius 2 is 1.73 bits per heavy atom. The number of carbonyl (C=O) groups excluding carboxylic acids is 1. The van der Waals surface area contributed by atoms with Crippen LogP contribution >= 0.6 is 0 Å². The third-order valence-electron chi connectivity index (χ3n) is 3.24. The Kier molecular flexibility index (Phi) is 5.47. The molecule has 5 heteroatoms. The summed E-state index contributed by atoms with van der Waals surface area (Å²) in [5.74, 6) is -1.12. The predicted octanol–water partition coefficient (Wildman–Crippen LogP) is 2.87. The number of benzene rings is 2. The Morgan fingerprint density at radius 1 is 1.05 bits per heavy atom. The Balaban J connectivity index is 1.78. The van der Waals surface area contributed by atoms with Gasteiger partial charge in [-0.25, -0.2) is 8.78 Å². The van der Waals surface area contributed by atoms with E-state index in [4.69, 9.17) is 4.74 Å². The van der Waals surface area contributed by atoms with E-state index in [2.05, 4.69) is 5.32 Å². The van der Waals surface area contributed by atoms with Gasteiger partial charge in [-0.15, -0.1) is 0 Å². The van der Waals surface area contributed by atoms with E-state index in [1.54, 1.807) is 19.2 Å². The van der Waals surface area contributed by atoms with Crippen LogP contribution in [0.4, 0.5) is 8.78 Å². The van der Waals surface area contributed by atoms with Gasteiger partial charge in [0, 0.05) is 6.54 Å². The van der Waals surface area contributed by atoms with Crippen molar-refractivity contribution in [2.45, 2.75) is 12.8 Å². The maximum atomic E-state index is 13.0. The van der Waals surface area contributed by atoms with Crippen LogP contribution < -0.4 is 10.1 Å². The summed E-state index contributed by atoms with van der Waals surface area (Å²) in [4.78, 5) is 11.8. The van der Waals surface area contributed by atoms with Crippen LogP contribution in [0.3, 0.4) is 0 Å². The number of hydrogen-bond donors (Lipinski definition) is 1. The maximum absolute atomic E-state index is 13.0. The molecule has 0 fully saturated rings. The summed E-state index contributed by atoms with van der Waals surface area (Å²) >= 11 is 0. The molecule has 2 rings (SSSR count). The van der Waals surface area contributed by atoms with Crippen molar-refractivity contribution >= 4 is 5.91 Å². The summed E-state index contributed by atoms with van der Waals surface area (Å²) in [7, 11) is 1.58. The molecule has 116 valence electrons. The van der Waals surface area contributed by atoms with Crippen molar-refractivity contribution < 1.29 is 18.3 Å². The minimum absolute atomic E-state index is 0.118. The first-order valence-corrected chi connectivity index (χ1v) is 6.92. The molecule has 0 spiro atoms. The Morgan fingerprint density at radius 3 is 2.36 bits per heavy atom. The van der Waals surface area contributed by atoms with Crippen molar-refractivity contribution in [2.24, 2.45) is 0 Å². The van der Waals surface area contributed by atoms with Gasteiger partial charge in [-0.1, -0.05) is 18.2 Å². The second kappa shape index (κ2) is 7.54. The van der Waals surface area contributed by atoms with E-state index in [1.165, 1.54) is 6.07 Å². The van der Waals surface area contributed by atoms with Crippen LogP contribution in [0.2, 0.25) is 0 Å². The Hall–Kier alpha value is -2.43. The largest absolute Gasteiger partial charge is 0.497 e. The molecule has 2 aromatic carbocycles. The molecule has 3 nitrogen and oxygen atoms in total. The number of hydrogen-bond acceptors (Lipinski definition) is 2. The van der Waals surface area contributed by atoms with E-state index in [9.17, 15) is 13.6 Å². The van der Waals surface area contributed by atoms with E-state index >= 15 is 0 Å². The third-order valence-corrected chi connectivity index (χ3v) is 3.24. The van der Waals surface area contributed by atoms with Gasteiger partial charge in [0.2, 0.25) is 5.91 Å². The quantitative estimate of drug-likeness (QED) is 0.891. The van der Waals surface area contributed by atoms with Crippen molar-refractivity contribution in [2.75, 3.05) is 13.7 Å². The van der Waals surface area contributed by atoms with E-state index in [-0.39, 0.29) is 12.3 Å². The second-order valence-electron chi connectivity index (χ2n) is 4.87. The number of halogens is 2. The van der Waals surface area contributed by atoms with E-state index in [0.717, 1.165) is 23.4 Å². The van der Waals surface area contributed by atoms with Gasteiger partial charge in [0.25, 0.3) is 0 Å². The van der Waals surface area contributed by atoms with Crippen molar-refractivity contribution in [3.05, 3.63) is 65.2 Å². The fourth-order valence-electron chi connectivity index (χ4n) is 2.03. The van der Waals surface area contributed by atoms with Crippen LogP contribution in [0.25, 0.3) is 0 Å². The van der Waals surface area contributed by atoms with E-state index in [1.807, 2.05) is 12.1 Å². The van der Waals surface area contributed by atoms with Crippen molar-refractivity contribution in [3.63, 3.8) is 0 Å². The summed E-state index contributed by atoms with van der Waals surface area (Å²) < 4.78 is 30.9. The zero-order valence-electron chi connectivity index (χ0n) is 12.2. The van der Waals surface area contributed by atoms with Crippen LogP contribution in [0.1, 0.15) is 11.1 Å². The molecule has 0 atom stereocenters. The minimum Gasteiger partial charge on any atom is -0.497 e. The molecule has 0 aliphatic rings. The Bertz CT molecular complexity index is 642. The van der Waals surface area contributed by atoms with Gasteiger partial charge >= 0.3 is 0 Å². The number of methoxy groups -OCH3 is 1. The third kappa shape index (κ3) is 4.55. The first kappa shape index (κ1) is 15.9. The number of carbonyl (C=O) groups is 1. The summed E-state index contributed by atoms with van der Waals surface area (Å²) in [5, 5.41) is 2.76. The molecule has 22 heavy (non-hydrogen) atoms. The summed E-state index contributed by atoms with van der Waals surface area (Å²) in [6.45, 7) is 0.375. The highest BCUT2D eigenvalue weighted by atomic mass is 19.2. The molecule has 0 saturated heterocycles. The highest BCUT2D eigenvalue weighted by Gasteiger charge is 2.05. The fourth-order valence-corrected chi connectivity index (χ4v) is 2.03. The van der Waals surface area contributed by atoms with Crippen LogP contribution in [0, 0.1) is 11.6 Å².